The maximum atomic E-state index is 8.84. The summed E-state index contributed by atoms with van der Waals surface area (Å²) in [5.41, 5.74) is 1.76. The standard InChI is InChI=1S/C15H21N3/c1-13(12-18-7-2-3-8-18)11-17-15-6-4-5-14(9-15)10-16/h4-6,9,13,17H,2-3,7-8,11-12H2,1H3. The van der Waals surface area contributed by atoms with Crippen molar-refractivity contribution < 1.29 is 0 Å². The number of nitriles is 1. The number of hydrogen-bond acceptors (Lipinski definition) is 3. The molecule has 1 heterocycles. The lowest BCUT2D eigenvalue weighted by atomic mass is 10.1. The highest BCUT2D eigenvalue weighted by atomic mass is 15.1. The fourth-order valence-electron chi connectivity index (χ4n) is 2.46. The Morgan fingerprint density at radius 1 is 1.39 bits per heavy atom. The van der Waals surface area contributed by atoms with Gasteiger partial charge < -0.3 is 10.2 Å². The van der Waals surface area contributed by atoms with E-state index in [0.29, 0.717) is 11.5 Å². The fraction of sp³-hybridized carbons (Fsp3) is 0.533. The number of anilines is 1. The molecule has 1 N–H and O–H groups in total. The lowest BCUT2D eigenvalue weighted by Gasteiger charge is -2.20. The van der Waals surface area contributed by atoms with Crippen LogP contribution in [0.15, 0.2) is 24.3 Å². The molecular weight excluding hydrogens is 222 g/mol. The average molecular weight is 243 g/mol. The van der Waals surface area contributed by atoms with Crippen molar-refractivity contribution in [3.8, 4) is 6.07 Å². The zero-order valence-corrected chi connectivity index (χ0v) is 11.0. The number of rotatable bonds is 5. The number of likely N-dealkylation sites (tertiary alicyclic amines) is 1. The highest BCUT2D eigenvalue weighted by Gasteiger charge is 2.14. The van der Waals surface area contributed by atoms with Gasteiger partial charge in [-0.05, 0) is 50.0 Å². The summed E-state index contributed by atoms with van der Waals surface area (Å²) in [6, 6.07) is 9.84. The van der Waals surface area contributed by atoms with Gasteiger partial charge in [0.1, 0.15) is 0 Å². The molecule has 0 saturated carbocycles. The highest BCUT2D eigenvalue weighted by molar-refractivity contribution is 5.49. The molecule has 1 saturated heterocycles. The van der Waals surface area contributed by atoms with Crippen molar-refractivity contribution in [3.63, 3.8) is 0 Å². The molecule has 3 nitrogen and oxygen atoms in total. The van der Waals surface area contributed by atoms with Gasteiger partial charge in [-0.15, -0.1) is 0 Å². The van der Waals surface area contributed by atoms with Crippen LogP contribution in [0, 0.1) is 17.2 Å². The SMILES string of the molecule is CC(CNc1cccc(C#N)c1)CN1CCCC1. The highest BCUT2D eigenvalue weighted by Crippen LogP contribution is 2.13. The van der Waals surface area contributed by atoms with Gasteiger partial charge in [0.05, 0.1) is 11.6 Å². The molecule has 0 spiro atoms. The molecule has 96 valence electrons. The van der Waals surface area contributed by atoms with E-state index in [0.717, 1.165) is 12.2 Å². The Morgan fingerprint density at radius 2 is 2.17 bits per heavy atom. The lowest BCUT2D eigenvalue weighted by molar-refractivity contribution is 0.294. The topological polar surface area (TPSA) is 39.1 Å². The number of nitrogens with one attached hydrogen (secondary N) is 1. The molecule has 1 aromatic carbocycles. The van der Waals surface area contributed by atoms with Crippen LogP contribution in [0.25, 0.3) is 0 Å². The molecule has 1 aromatic rings. The molecule has 2 rings (SSSR count). The van der Waals surface area contributed by atoms with Crippen LogP contribution in [-0.2, 0) is 0 Å². The second-order valence-corrected chi connectivity index (χ2v) is 5.19. The van der Waals surface area contributed by atoms with Gasteiger partial charge in [-0.1, -0.05) is 13.0 Å². The Labute approximate surface area is 109 Å². The molecule has 0 aromatic heterocycles. The van der Waals surface area contributed by atoms with E-state index in [1.807, 2.05) is 24.3 Å². The summed E-state index contributed by atoms with van der Waals surface area (Å²) in [4.78, 5) is 2.54. The van der Waals surface area contributed by atoms with Crippen molar-refractivity contribution >= 4 is 5.69 Å². The lowest BCUT2D eigenvalue weighted by Crippen LogP contribution is -2.28. The van der Waals surface area contributed by atoms with E-state index >= 15 is 0 Å². The molecule has 1 unspecified atom stereocenters. The van der Waals surface area contributed by atoms with Crippen molar-refractivity contribution in [3.05, 3.63) is 29.8 Å². The molecule has 0 bridgehead atoms. The maximum absolute atomic E-state index is 8.84. The quantitative estimate of drug-likeness (QED) is 0.864. The molecule has 1 aliphatic heterocycles. The summed E-state index contributed by atoms with van der Waals surface area (Å²) in [6.45, 7) is 6.93. The summed E-state index contributed by atoms with van der Waals surface area (Å²) < 4.78 is 0. The summed E-state index contributed by atoms with van der Waals surface area (Å²) in [6.07, 6.45) is 2.70. The van der Waals surface area contributed by atoms with Gasteiger partial charge in [-0.25, -0.2) is 0 Å². The normalized spacial score (nSPS) is 17.3. The molecule has 1 aliphatic rings. The Hall–Kier alpha value is -1.53. The van der Waals surface area contributed by atoms with Crippen LogP contribution in [0.1, 0.15) is 25.3 Å². The predicted molar refractivity (Wildman–Crippen MR) is 74.5 cm³/mol. The molecule has 0 radical (unpaired) electrons. The zero-order valence-electron chi connectivity index (χ0n) is 11.0. The summed E-state index contributed by atoms with van der Waals surface area (Å²) in [5.74, 6) is 0.633. The first-order chi connectivity index (χ1) is 8.78. The van der Waals surface area contributed by atoms with E-state index in [9.17, 15) is 0 Å². The van der Waals surface area contributed by atoms with Crippen molar-refractivity contribution in [2.24, 2.45) is 5.92 Å². The van der Waals surface area contributed by atoms with Crippen LogP contribution >= 0.6 is 0 Å². The van der Waals surface area contributed by atoms with Crippen LogP contribution in [0.2, 0.25) is 0 Å². The smallest absolute Gasteiger partial charge is 0.0992 e. The van der Waals surface area contributed by atoms with Gasteiger partial charge in [-0.2, -0.15) is 5.26 Å². The van der Waals surface area contributed by atoms with E-state index in [1.165, 1.54) is 32.5 Å². The predicted octanol–water partition coefficient (Wildman–Crippen LogP) is 2.70. The summed E-state index contributed by atoms with van der Waals surface area (Å²) in [5, 5.41) is 12.3. The maximum Gasteiger partial charge on any atom is 0.0992 e. The third-order valence-electron chi connectivity index (χ3n) is 3.41. The molecule has 1 fully saturated rings. The van der Waals surface area contributed by atoms with Gasteiger partial charge in [-0.3, -0.25) is 0 Å². The van der Waals surface area contributed by atoms with Crippen LogP contribution < -0.4 is 5.32 Å². The van der Waals surface area contributed by atoms with E-state index in [-0.39, 0.29) is 0 Å². The molecule has 1 atom stereocenters. The minimum Gasteiger partial charge on any atom is -0.385 e. The zero-order chi connectivity index (χ0) is 12.8. The first-order valence-corrected chi connectivity index (χ1v) is 6.74. The van der Waals surface area contributed by atoms with Crippen LogP contribution in [0.4, 0.5) is 5.69 Å². The molecule has 3 heteroatoms. The summed E-state index contributed by atoms with van der Waals surface area (Å²) >= 11 is 0. The minimum atomic E-state index is 0.633. The van der Waals surface area contributed by atoms with Gasteiger partial charge in [0.2, 0.25) is 0 Å². The molecular formula is C15H21N3. The van der Waals surface area contributed by atoms with Gasteiger partial charge in [0.25, 0.3) is 0 Å². The minimum absolute atomic E-state index is 0.633. The van der Waals surface area contributed by atoms with Crippen molar-refractivity contribution in [1.82, 2.24) is 4.90 Å². The molecule has 0 amide bonds. The largest absolute Gasteiger partial charge is 0.385 e. The second kappa shape index (κ2) is 6.42. The van der Waals surface area contributed by atoms with Gasteiger partial charge in [0.15, 0.2) is 0 Å². The Bertz CT molecular complexity index is 416. The van der Waals surface area contributed by atoms with Crippen LogP contribution in [0.3, 0.4) is 0 Å². The third kappa shape index (κ3) is 3.75. The van der Waals surface area contributed by atoms with E-state index in [1.54, 1.807) is 0 Å². The van der Waals surface area contributed by atoms with Crippen molar-refractivity contribution in [2.45, 2.75) is 19.8 Å². The van der Waals surface area contributed by atoms with Crippen molar-refractivity contribution in [2.75, 3.05) is 31.5 Å². The molecule has 18 heavy (non-hydrogen) atoms. The first kappa shape index (κ1) is 12.9. The van der Waals surface area contributed by atoms with Gasteiger partial charge >= 0.3 is 0 Å². The summed E-state index contributed by atoms with van der Waals surface area (Å²) in [7, 11) is 0. The average Bonchev–Trinajstić information content (AvgIpc) is 2.89. The number of nitrogens with zero attached hydrogens (tertiary/aromatic N) is 2. The van der Waals surface area contributed by atoms with E-state index in [2.05, 4.69) is 23.2 Å². The van der Waals surface area contributed by atoms with Crippen molar-refractivity contribution in [1.29, 1.82) is 5.26 Å². The van der Waals surface area contributed by atoms with E-state index in [4.69, 9.17) is 5.26 Å². The monoisotopic (exact) mass is 243 g/mol. The Kier molecular flexibility index (Phi) is 4.60. The Balaban J connectivity index is 1.77. The van der Waals surface area contributed by atoms with E-state index < -0.39 is 0 Å². The third-order valence-corrected chi connectivity index (χ3v) is 3.41. The number of benzene rings is 1. The van der Waals surface area contributed by atoms with Crippen LogP contribution in [-0.4, -0.2) is 31.1 Å². The first-order valence-electron chi connectivity index (χ1n) is 6.74. The fourth-order valence-corrected chi connectivity index (χ4v) is 2.46. The second-order valence-electron chi connectivity index (χ2n) is 5.19. The molecule has 0 aliphatic carbocycles. The number of hydrogen-bond donors (Lipinski definition) is 1. The Morgan fingerprint density at radius 3 is 2.89 bits per heavy atom. The van der Waals surface area contributed by atoms with Gasteiger partial charge in [0, 0.05) is 18.8 Å². The van der Waals surface area contributed by atoms with Crippen LogP contribution in [0.5, 0.6) is 0 Å².